The zero-order valence-electron chi connectivity index (χ0n) is 15.2. The van der Waals surface area contributed by atoms with Crippen molar-refractivity contribution < 1.29 is 23.6 Å². The maximum absolute atomic E-state index is 13.7. The Morgan fingerprint density at radius 3 is 2.34 bits per heavy atom. The van der Waals surface area contributed by atoms with Crippen LogP contribution in [0.25, 0.3) is 0 Å². The van der Waals surface area contributed by atoms with E-state index in [2.05, 4.69) is 0 Å². The summed E-state index contributed by atoms with van der Waals surface area (Å²) in [5.74, 6) is -2.13. The summed E-state index contributed by atoms with van der Waals surface area (Å²) in [5.41, 5.74) is 0.555. The Morgan fingerprint density at radius 2 is 1.76 bits per heavy atom. The van der Waals surface area contributed by atoms with Gasteiger partial charge in [0, 0.05) is 49.0 Å². The number of anilines is 1. The average Bonchev–Trinajstić information content (AvgIpc) is 2.72. The SMILES string of the molecule is O=C(OCC(=O)N1CCN(c2ccc([N+](=O)[O-])cc2)CC1)c1ccc(Cl)cc1F. The third kappa shape index (κ3) is 5.00. The molecule has 0 spiro atoms. The second kappa shape index (κ2) is 8.87. The maximum atomic E-state index is 13.7. The van der Waals surface area contributed by atoms with Crippen molar-refractivity contribution in [2.24, 2.45) is 0 Å². The molecule has 3 rings (SSSR count). The van der Waals surface area contributed by atoms with E-state index in [-0.39, 0.29) is 22.2 Å². The van der Waals surface area contributed by atoms with Crippen molar-refractivity contribution in [3.05, 3.63) is 69.0 Å². The van der Waals surface area contributed by atoms with Crippen LogP contribution in [0, 0.1) is 15.9 Å². The first-order chi connectivity index (χ1) is 13.8. The summed E-state index contributed by atoms with van der Waals surface area (Å²) in [6.45, 7) is 1.39. The molecule has 0 unspecified atom stereocenters. The van der Waals surface area contributed by atoms with E-state index in [9.17, 15) is 24.1 Å². The summed E-state index contributed by atoms with van der Waals surface area (Å²) in [4.78, 5) is 38.0. The van der Waals surface area contributed by atoms with Gasteiger partial charge in [-0.25, -0.2) is 9.18 Å². The average molecular weight is 422 g/mol. The van der Waals surface area contributed by atoms with Gasteiger partial charge < -0.3 is 14.5 Å². The number of esters is 1. The van der Waals surface area contributed by atoms with Gasteiger partial charge in [-0.15, -0.1) is 0 Å². The van der Waals surface area contributed by atoms with Crippen LogP contribution in [0.5, 0.6) is 0 Å². The van der Waals surface area contributed by atoms with Crippen LogP contribution in [0.2, 0.25) is 5.02 Å². The quantitative estimate of drug-likeness (QED) is 0.418. The summed E-state index contributed by atoms with van der Waals surface area (Å²) in [6.07, 6.45) is 0. The molecule has 1 fully saturated rings. The predicted octanol–water partition coefficient (Wildman–Crippen LogP) is 2.89. The Kier molecular flexibility index (Phi) is 6.28. The molecule has 1 heterocycles. The van der Waals surface area contributed by atoms with Gasteiger partial charge in [0.15, 0.2) is 6.61 Å². The van der Waals surface area contributed by atoms with Crippen LogP contribution in [-0.4, -0.2) is 54.5 Å². The van der Waals surface area contributed by atoms with Crippen LogP contribution in [0.3, 0.4) is 0 Å². The number of nitrogens with zero attached hydrogens (tertiary/aromatic N) is 3. The predicted molar refractivity (Wildman–Crippen MR) is 104 cm³/mol. The van der Waals surface area contributed by atoms with Crippen LogP contribution in [0.15, 0.2) is 42.5 Å². The molecule has 1 saturated heterocycles. The zero-order chi connectivity index (χ0) is 21.0. The molecule has 0 aliphatic carbocycles. The molecule has 0 aromatic heterocycles. The topological polar surface area (TPSA) is 93.0 Å². The number of carbonyl (C=O) groups is 2. The minimum atomic E-state index is -0.933. The molecule has 2 aromatic rings. The molecule has 0 N–H and O–H groups in total. The molecule has 0 saturated carbocycles. The third-order valence-corrected chi connectivity index (χ3v) is 4.77. The molecule has 2 aromatic carbocycles. The van der Waals surface area contributed by atoms with Gasteiger partial charge in [0.05, 0.1) is 10.5 Å². The van der Waals surface area contributed by atoms with Crippen molar-refractivity contribution >= 4 is 34.9 Å². The number of nitro benzene ring substituents is 1. The van der Waals surface area contributed by atoms with E-state index in [1.54, 1.807) is 17.0 Å². The fourth-order valence-electron chi connectivity index (χ4n) is 2.95. The smallest absolute Gasteiger partial charge is 0.341 e. The fraction of sp³-hybridized carbons (Fsp3) is 0.263. The van der Waals surface area contributed by atoms with Gasteiger partial charge in [-0.3, -0.25) is 14.9 Å². The van der Waals surface area contributed by atoms with E-state index in [0.717, 1.165) is 11.8 Å². The molecule has 10 heteroatoms. The number of halogens is 2. The first-order valence-corrected chi connectivity index (χ1v) is 9.12. The summed E-state index contributed by atoms with van der Waals surface area (Å²) in [6, 6.07) is 9.76. The lowest BCUT2D eigenvalue weighted by atomic mass is 10.2. The zero-order valence-corrected chi connectivity index (χ0v) is 16.0. The van der Waals surface area contributed by atoms with Gasteiger partial charge in [-0.1, -0.05) is 11.6 Å². The molecule has 0 radical (unpaired) electrons. The second-order valence-corrected chi connectivity index (χ2v) is 6.78. The monoisotopic (exact) mass is 421 g/mol. The highest BCUT2D eigenvalue weighted by molar-refractivity contribution is 6.30. The van der Waals surface area contributed by atoms with Crippen LogP contribution in [0.1, 0.15) is 10.4 Å². The Morgan fingerprint density at radius 1 is 1.10 bits per heavy atom. The van der Waals surface area contributed by atoms with Gasteiger partial charge in [-0.2, -0.15) is 0 Å². The van der Waals surface area contributed by atoms with E-state index >= 15 is 0 Å². The molecule has 0 atom stereocenters. The summed E-state index contributed by atoms with van der Waals surface area (Å²) < 4.78 is 18.7. The first kappa shape index (κ1) is 20.5. The summed E-state index contributed by atoms with van der Waals surface area (Å²) in [7, 11) is 0. The lowest BCUT2D eigenvalue weighted by Gasteiger charge is -2.36. The van der Waals surface area contributed by atoms with Crippen LogP contribution >= 0.6 is 11.6 Å². The van der Waals surface area contributed by atoms with Gasteiger partial charge in [-0.05, 0) is 30.3 Å². The van der Waals surface area contributed by atoms with Gasteiger partial charge >= 0.3 is 5.97 Å². The van der Waals surface area contributed by atoms with Crippen molar-refractivity contribution in [1.29, 1.82) is 0 Å². The summed E-state index contributed by atoms with van der Waals surface area (Å²) >= 11 is 5.64. The molecule has 0 bridgehead atoms. The van der Waals surface area contributed by atoms with Gasteiger partial charge in [0.2, 0.25) is 0 Å². The minimum absolute atomic E-state index is 0.0153. The lowest BCUT2D eigenvalue weighted by Crippen LogP contribution is -2.49. The Labute approximate surface area is 170 Å². The van der Waals surface area contributed by atoms with Gasteiger partial charge in [0.1, 0.15) is 5.82 Å². The number of piperazine rings is 1. The highest BCUT2D eigenvalue weighted by Crippen LogP contribution is 2.21. The molecule has 1 aliphatic rings. The van der Waals surface area contributed by atoms with Crippen LogP contribution < -0.4 is 4.90 Å². The molecule has 1 aliphatic heterocycles. The largest absolute Gasteiger partial charge is 0.452 e. The molecule has 152 valence electrons. The van der Waals surface area contributed by atoms with Crippen LogP contribution in [-0.2, 0) is 9.53 Å². The van der Waals surface area contributed by atoms with E-state index in [4.69, 9.17) is 16.3 Å². The van der Waals surface area contributed by atoms with Crippen molar-refractivity contribution in [2.75, 3.05) is 37.7 Å². The van der Waals surface area contributed by atoms with Gasteiger partial charge in [0.25, 0.3) is 11.6 Å². The lowest BCUT2D eigenvalue weighted by molar-refractivity contribution is -0.384. The van der Waals surface area contributed by atoms with E-state index in [1.165, 1.54) is 24.3 Å². The Bertz CT molecular complexity index is 930. The molecular weight excluding hydrogens is 405 g/mol. The van der Waals surface area contributed by atoms with Crippen molar-refractivity contribution in [3.63, 3.8) is 0 Å². The van der Waals surface area contributed by atoms with Crippen molar-refractivity contribution in [3.8, 4) is 0 Å². The highest BCUT2D eigenvalue weighted by Gasteiger charge is 2.23. The fourth-order valence-corrected chi connectivity index (χ4v) is 3.11. The normalized spacial score (nSPS) is 13.9. The number of non-ortho nitro benzene ring substituents is 1. The number of hydrogen-bond donors (Lipinski definition) is 0. The van der Waals surface area contributed by atoms with Crippen molar-refractivity contribution in [2.45, 2.75) is 0 Å². The first-order valence-electron chi connectivity index (χ1n) is 8.74. The molecule has 8 nitrogen and oxygen atoms in total. The number of nitro groups is 1. The maximum Gasteiger partial charge on any atom is 0.341 e. The van der Waals surface area contributed by atoms with E-state index in [0.29, 0.717) is 26.2 Å². The number of rotatable bonds is 5. The number of amides is 1. The second-order valence-electron chi connectivity index (χ2n) is 6.34. The number of benzene rings is 2. The number of hydrogen-bond acceptors (Lipinski definition) is 6. The van der Waals surface area contributed by atoms with Crippen molar-refractivity contribution in [1.82, 2.24) is 4.90 Å². The van der Waals surface area contributed by atoms with E-state index in [1.807, 2.05) is 4.90 Å². The third-order valence-electron chi connectivity index (χ3n) is 4.54. The molecule has 29 heavy (non-hydrogen) atoms. The molecular formula is C19H17ClFN3O5. The highest BCUT2D eigenvalue weighted by atomic mass is 35.5. The number of carbonyl (C=O) groups excluding carboxylic acids is 2. The Hall–Kier alpha value is -3.20. The number of ether oxygens (including phenoxy) is 1. The van der Waals surface area contributed by atoms with E-state index < -0.39 is 23.3 Å². The Balaban J connectivity index is 1.49. The molecule has 1 amide bonds. The van der Waals surface area contributed by atoms with Crippen LogP contribution in [0.4, 0.5) is 15.8 Å². The minimum Gasteiger partial charge on any atom is -0.452 e. The summed E-state index contributed by atoms with van der Waals surface area (Å²) in [5, 5.41) is 10.9. The standard InChI is InChI=1S/C19H17ClFN3O5/c20-13-1-6-16(17(21)11-13)19(26)29-12-18(25)23-9-7-22(8-10-23)14-2-4-15(5-3-14)24(27)28/h1-6,11H,7-10,12H2.